The van der Waals surface area contributed by atoms with Crippen LogP contribution < -0.4 is 10.6 Å². The van der Waals surface area contributed by atoms with Gasteiger partial charge in [-0.3, -0.25) is 4.79 Å². The molecule has 0 aromatic heterocycles. The second-order valence-corrected chi connectivity index (χ2v) is 13.6. The molecule has 1 heterocycles. The lowest BCUT2D eigenvalue weighted by Crippen LogP contribution is -2.60. The first-order chi connectivity index (χ1) is 18.3. The second kappa shape index (κ2) is 13.7. The third kappa shape index (κ3) is 10.2. The number of benzene rings is 2. The topological polar surface area (TPSA) is 90.9 Å². The van der Waals surface area contributed by atoms with E-state index in [9.17, 15) is 14.7 Å². The Morgan fingerprint density at radius 2 is 1.67 bits per heavy atom. The zero-order chi connectivity index (χ0) is 28.6. The highest BCUT2D eigenvalue weighted by atomic mass is 32.2. The maximum absolute atomic E-state index is 13.9. The molecule has 3 rings (SSSR count). The van der Waals surface area contributed by atoms with Crippen LogP contribution in [0, 0.1) is 0 Å². The predicted octanol–water partition coefficient (Wildman–Crippen LogP) is 5.02. The fraction of sp³-hybridized carbons (Fsp3) is 0.548. The number of aliphatic hydroxyl groups is 1. The molecular formula is C31H45N3O4S. The minimum Gasteiger partial charge on any atom is -0.444 e. The molecule has 1 aliphatic heterocycles. The number of β-amino-alcohol motifs (C(OH)–C–C–N with tert-alkyl or cyclic N) is 1. The molecule has 3 N–H and O–H groups in total. The van der Waals surface area contributed by atoms with Crippen molar-refractivity contribution in [1.29, 1.82) is 0 Å². The molecule has 8 heteroatoms. The van der Waals surface area contributed by atoms with Crippen molar-refractivity contribution in [2.75, 3.05) is 13.1 Å². The van der Waals surface area contributed by atoms with Crippen molar-refractivity contribution in [3.8, 4) is 0 Å². The number of thioether (sulfide) groups is 1. The summed E-state index contributed by atoms with van der Waals surface area (Å²) in [6.07, 6.45) is 0.514. The van der Waals surface area contributed by atoms with E-state index in [4.69, 9.17) is 4.74 Å². The van der Waals surface area contributed by atoms with Crippen LogP contribution in [0.4, 0.5) is 4.79 Å². The van der Waals surface area contributed by atoms with Crippen LogP contribution >= 0.6 is 11.8 Å². The predicted molar refractivity (Wildman–Crippen MR) is 158 cm³/mol. The second-order valence-electron chi connectivity index (χ2n) is 12.2. The van der Waals surface area contributed by atoms with Crippen LogP contribution in [0.2, 0.25) is 0 Å². The molecule has 7 nitrogen and oxygen atoms in total. The Bertz CT molecular complexity index is 1050. The average Bonchev–Trinajstić information content (AvgIpc) is 2.86. The van der Waals surface area contributed by atoms with E-state index < -0.39 is 29.4 Å². The summed E-state index contributed by atoms with van der Waals surface area (Å²) in [6, 6.07) is 19.0. The number of carbonyl (C=O) groups excluding carboxylic acids is 2. The first kappa shape index (κ1) is 31.0. The molecule has 0 bridgehead atoms. The van der Waals surface area contributed by atoms with Crippen molar-refractivity contribution in [2.45, 2.75) is 100 Å². The van der Waals surface area contributed by atoms with E-state index in [1.165, 1.54) is 4.90 Å². The van der Waals surface area contributed by atoms with E-state index in [0.717, 1.165) is 18.5 Å². The smallest absolute Gasteiger partial charge is 0.407 e. The van der Waals surface area contributed by atoms with E-state index >= 15 is 0 Å². The number of amides is 2. The third-order valence-electron chi connectivity index (χ3n) is 6.61. The lowest BCUT2D eigenvalue weighted by molar-refractivity contribution is -0.141. The van der Waals surface area contributed by atoms with E-state index in [2.05, 4.69) is 22.8 Å². The summed E-state index contributed by atoms with van der Waals surface area (Å²) in [5, 5.41) is 18.1. The maximum Gasteiger partial charge on any atom is 0.407 e. The van der Waals surface area contributed by atoms with Crippen molar-refractivity contribution < 1.29 is 19.4 Å². The van der Waals surface area contributed by atoms with E-state index in [-0.39, 0.29) is 18.5 Å². The largest absolute Gasteiger partial charge is 0.444 e. The third-order valence-corrected chi connectivity index (χ3v) is 7.92. The number of rotatable bonds is 9. The summed E-state index contributed by atoms with van der Waals surface area (Å²) in [5.74, 6) is -0.0318. The summed E-state index contributed by atoms with van der Waals surface area (Å²) < 4.78 is 5.48. The van der Waals surface area contributed by atoms with Crippen LogP contribution in [0.5, 0.6) is 0 Å². The molecular weight excluding hydrogens is 510 g/mol. The van der Waals surface area contributed by atoms with Gasteiger partial charge < -0.3 is 25.4 Å². The molecule has 0 spiro atoms. The van der Waals surface area contributed by atoms with E-state index in [0.29, 0.717) is 18.1 Å². The van der Waals surface area contributed by atoms with Crippen LogP contribution in [0.15, 0.2) is 65.6 Å². The van der Waals surface area contributed by atoms with E-state index in [1.807, 2.05) is 81.1 Å². The number of carbonyl (C=O) groups is 2. The van der Waals surface area contributed by atoms with Gasteiger partial charge in [-0.1, -0.05) is 48.5 Å². The average molecular weight is 556 g/mol. The Morgan fingerprint density at radius 1 is 1.05 bits per heavy atom. The van der Waals surface area contributed by atoms with Crippen LogP contribution in [-0.4, -0.2) is 69.7 Å². The summed E-state index contributed by atoms with van der Waals surface area (Å²) in [4.78, 5) is 29.5. The molecule has 0 unspecified atom stereocenters. The summed E-state index contributed by atoms with van der Waals surface area (Å²) in [6.45, 7) is 12.2. The fourth-order valence-corrected chi connectivity index (χ4v) is 5.90. The van der Waals surface area contributed by atoms with Gasteiger partial charge in [0, 0.05) is 22.2 Å². The Balaban J connectivity index is 1.74. The molecule has 0 aliphatic carbocycles. The molecule has 0 saturated carbocycles. The zero-order valence-corrected chi connectivity index (χ0v) is 25.0. The Hall–Kier alpha value is -2.55. The van der Waals surface area contributed by atoms with Crippen molar-refractivity contribution in [3.63, 3.8) is 0 Å². The van der Waals surface area contributed by atoms with Gasteiger partial charge in [0.2, 0.25) is 5.91 Å². The first-order valence-electron chi connectivity index (χ1n) is 13.8. The van der Waals surface area contributed by atoms with Gasteiger partial charge in [0.15, 0.2) is 0 Å². The standard InChI is InChI=1S/C31H45N3O4S/c1-30(2,3)34(28(36)26-20-24(17-18-32-26)39-23-15-11-8-12-16-23)21-27(35)25(19-22-13-9-7-10-14-22)33-29(37)38-31(4,5)6/h7-16,24-27,32,35H,17-21H2,1-6H3,(H,33,37)/t24-,25+,26+,27-/m1/s1. The summed E-state index contributed by atoms with van der Waals surface area (Å²) in [7, 11) is 0. The zero-order valence-electron chi connectivity index (χ0n) is 24.1. The molecule has 0 radical (unpaired) electrons. The van der Waals surface area contributed by atoms with Crippen molar-refractivity contribution in [3.05, 3.63) is 66.2 Å². The molecule has 1 fully saturated rings. The van der Waals surface area contributed by atoms with Crippen LogP contribution in [0.1, 0.15) is 59.9 Å². The lowest BCUT2D eigenvalue weighted by Gasteiger charge is -2.42. The summed E-state index contributed by atoms with van der Waals surface area (Å²) >= 11 is 1.81. The van der Waals surface area contributed by atoms with Gasteiger partial charge in [0.1, 0.15) is 5.60 Å². The molecule has 4 atom stereocenters. The van der Waals surface area contributed by atoms with Crippen molar-refractivity contribution in [1.82, 2.24) is 15.5 Å². The highest BCUT2D eigenvalue weighted by Crippen LogP contribution is 2.31. The molecule has 2 aromatic carbocycles. The first-order valence-corrected chi connectivity index (χ1v) is 14.7. The number of hydrogen-bond donors (Lipinski definition) is 3. The molecule has 214 valence electrons. The monoisotopic (exact) mass is 555 g/mol. The molecule has 1 aliphatic rings. The Labute approximate surface area is 238 Å². The number of alkyl carbamates (subject to hydrolysis) is 1. The minimum absolute atomic E-state index is 0.0318. The van der Waals surface area contributed by atoms with Gasteiger partial charge in [0.05, 0.1) is 18.2 Å². The lowest BCUT2D eigenvalue weighted by atomic mass is 9.96. The molecule has 39 heavy (non-hydrogen) atoms. The van der Waals surface area contributed by atoms with Gasteiger partial charge in [0.25, 0.3) is 0 Å². The fourth-order valence-electron chi connectivity index (χ4n) is 4.68. The number of piperidine rings is 1. The summed E-state index contributed by atoms with van der Waals surface area (Å²) in [5.41, 5.74) is -0.218. The maximum atomic E-state index is 13.9. The van der Waals surface area contributed by atoms with Crippen molar-refractivity contribution >= 4 is 23.8 Å². The minimum atomic E-state index is -1.00. The highest BCUT2D eigenvalue weighted by molar-refractivity contribution is 8.00. The van der Waals surface area contributed by atoms with Crippen molar-refractivity contribution in [2.24, 2.45) is 0 Å². The van der Waals surface area contributed by atoms with Gasteiger partial charge >= 0.3 is 6.09 Å². The quantitative estimate of drug-likeness (QED) is 0.402. The SMILES string of the molecule is CC(C)(C)OC(=O)N[C@@H](Cc1ccccc1)[C@H](O)CN(C(=O)[C@@H]1C[C@H](Sc2ccccc2)CCN1)C(C)(C)C. The molecule has 1 saturated heterocycles. The number of nitrogens with zero attached hydrogens (tertiary/aromatic N) is 1. The van der Waals surface area contributed by atoms with Crippen LogP contribution in [0.3, 0.4) is 0 Å². The van der Waals surface area contributed by atoms with Gasteiger partial charge in [-0.25, -0.2) is 4.79 Å². The van der Waals surface area contributed by atoms with Gasteiger partial charge in [-0.05, 0) is 85.0 Å². The highest BCUT2D eigenvalue weighted by Gasteiger charge is 2.37. The van der Waals surface area contributed by atoms with Gasteiger partial charge in [-0.2, -0.15) is 0 Å². The number of ether oxygens (including phenoxy) is 1. The number of nitrogens with one attached hydrogen (secondary N) is 2. The van der Waals surface area contributed by atoms with E-state index in [1.54, 1.807) is 25.7 Å². The Kier molecular flexibility index (Phi) is 10.9. The Morgan fingerprint density at radius 3 is 2.26 bits per heavy atom. The molecule has 2 aromatic rings. The number of aliphatic hydroxyl groups excluding tert-OH is 1. The normalized spacial score (nSPS) is 19.6. The van der Waals surface area contributed by atoms with Gasteiger partial charge in [-0.15, -0.1) is 11.8 Å². The number of hydrogen-bond acceptors (Lipinski definition) is 6. The molecule has 2 amide bonds. The van der Waals surface area contributed by atoms with Crippen LogP contribution in [-0.2, 0) is 16.0 Å². The van der Waals surface area contributed by atoms with Crippen LogP contribution in [0.25, 0.3) is 0 Å².